The molecule has 0 amide bonds. The molecule has 0 spiro atoms. The van der Waals surface area contributed by atoms with E-state index in [0.717, 1.165) is 6.42 Å². The summed E-state index contributed by atoms with van der Waals surface area (Å²) in [6, 6.07) is 0. The number of allylic oxidation sites excluding steroid dienone is 2. The molecule has 0 aliphatic heterocycles. The molecule has 7 atom stereocenters. The minimum Gasteiger partial charge on any atom is -0.438 e. The van der Waals surface area contributed by atoms with E-state index in [9.17, 15) is 39.6 Å². The van der Waals surface area contributed by atoms with E-state index in [-0.39, 0.29) is 36.0 Å². The third kappa shape index (κ3) is 3.08. The molecule has 0 aromatic heterocycles. The van der Waals surface area contributed by atoms with Crippen LogP contribution in [0.2, 0.25) is 0 Å². The summed E-state index contributed by atoms with van der Waals surface area (Å²) in [5, 5.41) is 0. The zero-order chi connectivity index (χ0) is 21.6. The molecule has 29 heavy (non-hydrogen) atoms. The molecule has 4 aliphatic carbocycles. The van der Waals surface area contributed by atoms with Crippen LogP contribution in [0.4, 0.5) is 26.3 Å². The van der Waals surface area contributed by atoms with E-state index in [0.29, 0.717) is 12.3 Å². The van der Waals surface area contributed by atoms with Crippen LogP contribution >= 0.6 is 0 Å². The fourth-order valence-electron chi connectivity index (χ4n) is 6.26. The maximum absolute atomic E-state index is 13.4. The summed E-state index contributed by atoms with van der Waals surface area (Å²) < 4.78 is 115. The lowest BCUT2D eigenvalue weighted by atomic mass is 9.69. The summed E-state index contributed by atoms with van der Waals surface area (Å²) in [6.45, 7) is 0. The Morgan fingerprint density at radius 2 is 1.52 bits per heavy atom. The van der Waals surface area contributed by atoms with Gasteiger partial charge in [-0.2, -0.15) is 34.8 Å². The van der Waals surface area contributed by atoms with E-state index < -0.39 is 45.7 Å². The van der Waals surface area contributed by atoms with Crippen LogP contribution in [0.1, 0.15) is 19.3 Å². The minimum absolute atomic E-state index is 0.0223. The molecule has 4 aliphatic rings. The molecule has 4 rings (SSSR count). The van der Waals surface area contributed by atoms with Crippen molar-refractivity contribution in [3.63, 3.8) is 0 Å². The van der Waals surface area contributed by atoms with Crippen molar-refractivity contribution in [2.45, 2.75) is 37.2 Å². The van der Waals surface area contributed by atoms with Gasteiger partial charge in [-0.25, -0.2) is 0 Å². The third-order valence-electron chi connectivity index (χ3n) is 7.15. The molecule has 0 aromatic carbocycles. The topological polar surface area (TPSA) is 80.7 Å². The van der Waals surface area contributed by atoms with E-state index in [2.05, 4.69) is 10.8 Å². The first-order valence-corrected chi connectivity index (χ1v) is 10.8. The number of fused-ring (bicyclic) bond motifs is 9. The van der Waals surface area contributed by atoms with Gasteiger partial charge in [0.15, 0.2) is 0 Å². The van der Waals surface area contributed by atoms with Gasteiger partial charge in [0.2, 0.25) is 0 Å². The molecule has 164 valence electrons. The zero-order valence-electron chi connectivity index (χ0n) is 14.8. The van der Waals surface area contributed by atoms with Crippen molar-refractivity contribution in [1.82, 2.24) is 0 Å². The fraction of sp³-hybridized carbons (Fsp3) is 0.824. The smallest absolute Gasteiger partial charge is 0.438 e. The van der Waals surface area contributed by atoms with Crippen molar-refractivity contribution in [2.24, 2.45) is 41.4 Å². The molecule has 0 heterocycles. The molecule has 4 bridgehead atoms. The van der Waals surface area contributed by atoms with Gasteiger partial charge in [0.05, 0.1) is 5.92 Å². The standard InChI is InChI=1S/C17H18F6O5S/c18-16(19,20)15(17(21,22)23,6-29(25,26)27)28-14(24)11-5-9-4-10(11)13-8-2-1-7(3-8)12(9)13/h1-2,7-13H,3-6H2,(H,25,26,27). The Bertz CT molecular complexity index is 833. The molecular weight excluding hydrogens is 430 g/mol. The molecule has 1 N–H and O–H groups in total. The number of alkyl halides is 6. The molecule has 12 heteroatoms. The second-order valence-electron chi connectivity index (χ2n) is 8.57. The predicted molar refractivity (Wildman–Crippen MR) is 84.8 cm³/mol. The van der Waals surface area contributed by atoms with Gasteiger partial charge in [-0.3, -0.25) is 9.35 Å². The Balaban J connectivity index is 1.62. The lowest BCUT2D eigenvalue weighted by Crippen LogP contribution is -2.64. The van der Waals surface area contributed by atoms with Crippen molar-refractivity contribution in [3.8, 4) is 0 Å². The molecule has 3 fully saturated rings. The van der Waals surface area contributed by atoms with Gasteiger partial charge in [0.25, 0.3) is 10.1 Å². The Labute approximate surface area is 162 Å². The van der Waals surface area contributed by atoms with E-state index in [1.807, 2.05) is 6.08 Å². The van der Waals surface area contributed by atoms with Crippen LogP contribution in [0.3, 0.4) is 0 Å². The van der Waals surface area contributed by atoms with Gasteiger partial charge < -0.3 is 4.74 Å². The van der Waals surface area contributed by atoms with Crippen molar-refractivity contribution in [3.05, 3.63) is 12.2 Å². The van der Waals surface area contributed by atoms with Crippen LogP contribution in [0.25, 0.3) is 0 Å². The van der Waals surface area contributed by atoms with E-state index in [1.54, 1.807) is 0 Å². The van der Waals surface area contributed by atoms with Gasteiger partial charge in [-0.05, 0) is 54.8 Å². The van der Waals surface area contributed by atoms with Gasteiger partial charge >= 0.3 is 23.9 Å². The largest absolute Gasteiger partial charge is 0.438 e. The highest BCUT2D eigenvalue weighted by atomic mass is 32.2. The molecule has 5 nitrogen and oxygen atoms in total. The van der Waals surface area contributed by atoms with Gasteiger partial charge in [0.1, 0.15) is 5.75 Å². The van der Waals surface area contributed by atoms with Crippen LogP contribution in [0.5, 0.6) is 0 Å². The lowest BCUT2D eigenvalue weighted by Gasteiger charge is -2.39. The van der Waals surface area contributed by atoms with E-state index >= 15 is 0 Å². The first-order chi connectivity index (χ1) is 13.1. The van der Waals surface area contributed by atoms with Gasteiger partial charge in [0, 0.05) is 0 Å². The summed E-state index contributed by atoms with van der Waals surface area (Å²) in [4.78, 5) is 12.5. The Morgan fingerprint density at radius 3 is 2.03 bits per heavy atom. The second kappa shape index (κ2) is 6.12. The molecule has 7 unspecified atom stereocenters. The average Bonchev–Trinajstić information content (AvgIpc) is 3.28. The molecular formula is C17H18F6O5S. The monoisotopic (exact) mass is 448 g/mol. The summed E-state index contributed by atoms with van der Waals surface area (Å²) >= 11 is 0. The highest BCUT2D eigenvalue weighted by Crippen LogP contribution is 2.67. The maximum atomic E-state index is 13.4. The predicted octanol–water partition coefficient (Wildman–Crippen LogP) is 3.38. The SMILES string of the molecule is O=C(OC(CS(=O)(=O)O)(C(F)(F)F)C(F)(F)F)C1CC2CC1C1C3C=CC(C3)C21. The number of halogens is 6. The highest BCUT2D eigenvalue weighted by molar-refractivity contribution is 7.85. The summed E-state index contributed by atoms with van der Waals surface area (Å²) in [6.07, 6.45) is -6.96. The highest BCUT2D eigenvalue weighted by Gasteiger charge is 2.76. The molecule has 0 aromatic rings. The van der Waals surface area contributed by atoms with Crippen LogP contribution in [-0.4, -0.2) is 42.6 Å². The number of esters is 1. The van der Waals surface area contributed by atoms with Crippen LogP contribution in [0.15, 0.2) is 12.2 Å². The Morgan fingerprint density at radius 1 is 0.966 bits per heavy atom. The number of hydrogen-bond acceptors (Lipinski definition) is 4. The summed E-state index contributed by atoms with van der Waals surface area (Å²) in [7, 11) is -5.78. The number of ether oxygens (including phenoxy) is 1. The van der Waals surface area contributed by atoms with Crippen molar-refractivity contribution < 1.29 is 48.8 Å². The maximum Gasteiger partial charge on any atom is 0.438 e. The van der Waals surface area contributed by atoms with Crippen LogP contribution in [0, 0.1) is 41.4 Å². The van der Waals surface area contributed by atoms with Crippen molar-refractivity contribution >= 4 is 16.1 Å². The van der Waals surface area contributed by atoms with Crippen LogP contribution in [-0.2, 0) is 19.6 Å². The molecule has 0 radical (unpaired) electrons. The van der Waals surface area contributed by atoms with E-state index in [4.69, 9.17) is 4.55 Å². The fourth-order valence-corrected chi connectivity index (χ4v) is 7.16. The first-order valence-electron chi connectivity index (χ1n) is 9.14. The Kier molecular flexibility index (Phi) is 4.42. The number of carbonyl (C=O) groups is 1. The first kappa shape index (κ1) is 21.0. The normalized spacial score (nSPS) is 38.5. The van der Waals surface area contributed by atoms with Gasteiger partial charge in [-0.15, -0.1) is 0 Å². The lowest BCUT2D eigenvalue weighted by molar-refractivity contribution is -0.362. The second-order valence-corrected chi connectivity index (χ2v) is 10.0. The zero-order valence-corrected chi connectivity index (χ0v) is 15.6. The Hall–Kier alpha value is -1.30. The van der Waals surface area contributed by atoms with Crippen molar-refractivity contribution in [1.29, 1.82) is 0 Å². The number of hydrogen-bond donors (Lipinski definition) is 1. The minimum atomic E-state index is -6.29. The summed E-state index contributed by atoms with van der Waals surface area (Å²) in [5.41, 5.74) is -5.32. The molecule has 3 saturated carbocycles. The van der Waals surface area contributed by atoms with Gasteiger partial charge in [-0.1, -0.05) is 12.2 Å². The van der Waals surface area contributed by atoms with Crippen molar-refractivity contribution in [2.75, 3.05) is 5.75 Å². The number of carbonyl (C=O) groups excluding carboxylic acids is 1. The number of rotatable bonds is 4. The molecule has 0 saturated heterocycles. The third-order valence-corrected chi connectivity index (χ3v) is 7.92. The average molecular weight is 448 g/mol. The van der Waals surface area contributed by atoms with E-state index in [1.165, 1.54) is 0 Å². The van der Waals surface area contributed by atoms with Crippen LogP contribution < -0.4 is 0 Å². The quantitative estimate of drug-likeness (QED) is 0.235. The summed E-state index contributed by atoms with van der Waals surface area (Å²) in [5.74, 6) is -5.26.